The number of pyridine rings is 1. The fourth-order valence-electron chi connectivity index (χ4n) is 1.70. The molecule has 15 heavy (non-hydrogen) atoms. The van der Waals surface area contributed by atoms with Crippen LogP contribution in [0, 0.1) is 11.3 Å². The minimum atomic E-state index is -0.753. The van der Waals surface area contributed by atoms with E-state index in [0.29, 0.717) is 24.3 Å². The molecule has 1 fully saturated rings. The Morgan fingerprint density at radius 1 is 1.40 bits per heavy atom. The van der Waals surface area contributed by atoms with Crippen LogP contribution in [0.1, 0.15) is 5.56 Å². The van der Waals surface area contributed by atoms with Crippen LogP contribution in [0.15, 0.2) is 18.5 Å². The van der Waals surface area contributed by atoms with Crippen molar-refractivity contribution >= 4 is 5.69 Å². The highest BCUT2D eigenvalue weighted by Crippen LogP contribution is 2.23. The van der Waals surface area contributed by atoms with Gasteiger partial charge in [-0.1, -0.05) is 0 Å². The number of nitrogens with zero attached hydrogens (tertiary/aromatic N) is 3. The molecule has 5 nitrogen and oxygen atoms in total. The zero-order chi connectivity index (χ0) is 10.8. The van der Waals surface area contributed by atoms with E-state index >= 15 is 0 Å². The van der Waals surface area contributed by atoms with Crippen LogP contribution in [0.25, 0.3) is 0 Å². The smallest absolute Gasteiger partial charge is 0.101 e. The van der Waals surface area contributed by atoms with Gasteiger partial charge in [0, 0.05) is 19.3 Å². The van der Waals surface area contributed by atoms with E-state index < -0.39 is 12.2 Å². The quantitative estimate of drug-likeness (QED) is 0.645. The summed E-state index contributed by atoms with van der Waals surface area (Å²) >= 11 is 0. The Morgan fingerprint density at radius 3 is 2.67 bits per heavy atom. The first-order chi connectivity index (χ1) is 7.22. The number of hydrogen-bond donors (Lipinski definition) is 2. The normalized spacial score (nSPS) is 25.3. The van der Waals surface area contributed by atoms with Crippen molar-refractivity contribution in [1.82, 2.24) is 4.98 Å². The molecule has 1 aromatic heterocycles. The van der Waals surface area contributed by atoms with Crippen LogP contribution in [-0.2, 0) is 0 Å². The zero-order valence-electron chi connectivity index (χ0n) is 8.04. The molecule has 1 aromatic rings. The fraction of sp³-hybridized carbons (Fsp3) is 0.400. The van der Waals surface area contributed by atoms with Crippen LogP contribution in [-0.4, -0.2) is 40.5 Å². The summed E-state index contributed by atoms with van der Waals surface area (Å²) in [6.07, 6.45) is 1.61. The molecule has 2 heterocycles. The lowest BCUT2D eigenvalue weighted by Gasteiger charge is -2.17. The molecule has 0 aliphatic carbocycles. The van der Waals surface area contributed by atoms with Crippen molar-refractivity contribution in [3.63, 3.8) is 0 Å². The third-order valence-electron chi connectivity index (χ3n) is 2.52. The summed E-state index contributed by atoms with van der Waals surface area (Å²) < 4.78 is 0. The van der Waals surface area contributed by atoms with Gasteiger partial charge in [0.05, 0.1) is 29.7 Å². The monoisotopic (exact) mass is 205 g/mol. The number of aliphatic hydroxyl groups excluding tert-OH is 2. The first kappa shape index (κ1) is 9.90. The van der Waals surface area contributed by atoms with Gasteiger partial charge < -0.3 is 15.1 Å². The molecule has 78 valence electrons. The van der Waals surface area contributed by atoms with Crippen molar-refractivity contribution in [2.75, 3.05) is 18.0 Å². The Labute approximate surface area is 87.2 Å². The van der Waals surface area contributed by atoms with Crippen LogP contribution in [0.2, 0.25) is 0 Å². The molecule has 0 aromatic carbocycles. The highest BCUT2D eigenvalue weighted by molar-refractivity contribution is 5.58. The van der Waals surface area contributed by atoms with Crippen molar-refractivity contribution in [2.45, 2.75) is 12.2 Å². The summed E-state index contributed by atoms with van der Waals surface area (Å²) in [5.41, 5.74) is 1.17. The lowest BCUT2D eigenvalue weighted by molar-refractivity contribution is 0.0572. The third kappa shape index (κ3) is 1.77. The van der Waals surface area contributed by atoms with E-state index in [1.807, 2.05) is 0 Å². The van der Waals surface area contributed by atoms with Gasteiger partial charge in [0.15, 0.2) is 0 Å². The molecule has 0 radical (unpaired) electrons. The predicted octanol–water partition coefficient (Wildman–Crippen LogP) is -0.505. The van der Waals surface area contributed by atoms with E-state index in [1.165, 1.54) is 0 Å². The number of nitriles is 1. The largest absolute Gasteiger partial charge is 0.389 e. The van der Waals surface area contributed by atoms with Crippen molar-refractivity contribution in [1.29, 1.82) is 5.26 Å². The average molecular weight is 205 g/mol. The van der Waals surface area contributed by atoms with Crippen LogP contribution in [0.4, 0.5) is 5.69 Å². The predicted molar refractivity (Wildman–Crippen MR) is 53.2 cm³/mol. The molecule has 0 bridgehead atoms. The third-order valence-corrected chi connectivity index (χ3v) is 2.52. The lowest BCUT2D eigenvalue weighted by atomic mass is 10.2. The first-order valence-corrected chi connectivity index (χ1v) is 4.67. The zero-order valence-corrected chi connectivity index (χ0v) is 8.04. The van der Waals surface area contributed by atoms with Gasteiger partial charge in [-0.2, -0.15) is 5.26 Å². The van der Waals surface area contributed by atoms with E-state index in [-0.39, 0.29) is 0 Å². The topological polar surface area (TPSA) is 80.4 Å². The second-order valence-corrected chi connectivity index (χ2v) is 3.54. The van der Waals surface area contributed by atoms with E-state index in [2.05, 4.69) is 11.1 Å². The molecule has 0 amide bonds. The summed E-state index contributed by atoms with van der Waals surface area (Å²) in [5, 5.41) is 27.7. The Kier molecular flexibility index (Phi) is 2.54. The van der Waals surface area contributed by atoms with Gasteiger partial charge in [0.2, 0.25) is 0 Å². The van der Waals surface area contributed by atoms with Crippen LogP contribution < -0.4 is 4.90 Å². The van der Waals surface area contributed by atoms with E-state index in [9.17, 15) is 10.2 Å². The molecule has 5 heteroatoms. The fourth-order valence-corrected chi connectivity index (χ4v) is 1.70. The summed E-state index contributed by atoms with van der Waals surface area (Å²) in [6.45, 7) is 0.670. The first-order valence-electron chi connectivity index (χ1n) is 4.67. The number of aromatic nitrogens is 1. The minimum absolute atomic E-state index is 0.335. The van der Waals surface area contributed by atoms with Gasteiger partial charge in [-0.15, -0.1) is 0 Å². The summed E-state index contributed by atoms with van der Waals surface area (Å²) in [7, 11) is 0. The second kappa shape index (κ2) is 3.85. The highest BCUT2D eigenvalue weighted by atomic mass is 16.3. The van der Waals surface area contributed by atoms with Gasteiger partial charge >= 0.3 is 0 Å². The molecular formula is C10H11N3O2. The standard InChI is InChI=1S/C10H11N3O2/c11-3-7-1-2-12-4-8(7)13-5-9(14)10(15)6-13/h1-2,4,9-10,14-15H,5-6H2. The Bertz CT molecular complexity index is 392. The summed E-state index contributed by atoms with van der Waals surface area (Å²) in [5.74, 6) is 0. The molecule has 0 saturated carbocycles. The summed E-state index contributed by atoms with van der Waals surface area (Å²) in [6, 6.07) is 3.67. The van der Waals surface area contributed by atoms with Crippen LogP contribution in [0.3, 0.4) is 0 Å². The van der Waals surface area contributed by atoms with Crippen molar-refractivity contribution in [2.24, 2.45) is 0 Å². The van der Waals surface area contributed by atoms with Gasteiger partial charge in [0.25, 0.3) is 0 Å². The molecule has 0 spiro atoms. The van der Waals surface area contributed by atoms with Gasteiger partial charge in [0.1, 0.15) is 6.07 Å². The van der Waals surface area contributed by atoms with E-state index in [4.69, 9.17) is 5.26 Å². The maximum absolute atomic E-state index is 9.40. The Hall–Kier alpha value is -1.64. The van der Waals surface area contributed by atoms with Crippen molar-refractivity contribution in [3.05, 3.63) is 24.0 Å². The molecular weight excluding hydrogens is 194 g/mol. The van der Waals surface area contributed by atoms with E-state index in [1.54, 1.807) is 23.4 Å². The SMILES string of the molecule is N#Cc1ccncc1N1CC(O)C(O)C1. The molecule has 2 unspecified atom stereocenters. The van der Waals surface area contributed by atoms with Crippen molar-refractivity contribution in [3.8, 4) is 6.07 Å². The summed E-state index contributed by atoms with van der Waals surface area (Å²) in [4.78, 5) is 5.70. The van der Waals surface area contributed by atoms with Crippen molar-refractivity contribution < 1.29 is 10.2 Å². The van der Waals surface area contributed by atoms with Gasteiger partial charge in [-0.25, -0.2) is 0 Å². The molecule has 2 atom stereocenters. The molecule has 2 rings (SSSR count). The van der Waals surface area contributed by atoms with Crippen LogP contribution in [0.5, 0.6) is 0 Å². The second-order valence-electron chi connectivity index (χ2n) is 3.54. The molecule has 2 N–H and O–H groups in total. The Balaban J connectivity index is 2.28. The van der Waals surface area contributed by atoms with Gasteiger partial charge in [-0.05, 0) is 6.07 Å². The van der Waals surface area contributed by atoms with Crippen LogP contribution >= 0.6 is 0 Å². The lowest BCUT2D eigenvalue weighted by Crippen LogP contribution is -2.22. The van der Waals surface area contributed by atoms with Gasteiger partial charge in [-0.3, -0.25) is 4.98 Å². The average Bonchev–Trinajstić information content (AvgIpc) is 2.59. The highest BCUT2D eigenvalue weighted by Gasteiger charge is 2.30. The molecule has 1 aliphatic heterocycles. The maximum Gasteiger partial charge on any atom is 0.101 e. The molecule has 1 saturated heterocycles. The minimum Gasteiger partial charge on any atom is -0.389 e. The van der Waals surface area contributed by atoms with E-state index in [0.717, 1.165) is 0 Å². The number of aliphatic hydroxyl groups is 2. The number of hydrogen-bond acceptors (Lipinski definition) is 5. The Morgan fingerprint density at radius 2 is 2.07 bits per heavy atom. The number of rotatable bonds is 1. The maximum atomic E-state index is 9.40. The molecule has 1 aliphatic rings. The number of β-amino-alcohol motifs (C(OH)–C–C–N with tert-alkyl or cyclic N) is 2. The number of anilines is 1.